The van der Waals surface area contributed by atoms with Gasteiger partial charge in [0.1, 0.15) is 18.9 Å². The summed E-state index contributed by atoms with van der Waals surface area (Å²) in [6, 6.07) is 22.0. The fourth-order valence-corrected chi connectivity index (χ4v) is 4.05. The second-order valence-electron chi connectivity index (χ2n) is 7.74. The van der Waals surface area contributed by atoms with Crippen LogP contribution in [0.25, 0.3) is 5.57 Å². The van der Waals surface area contributed by atoms with Gasteiger partial charge in [0.05, 0.1) is 5.57 Å². The highest BCUT2D eigenvalue weighted by Crippen LogP contribution is 2.35. The molecule has 2 heterocycles. The summed E-state index contributed by atoms with van der Waals surface area (Å²) in [6.07, 6.45) is 0.536. The Balaban J connectivity index is 1.44. The van der Waals surface area contributed by atoms with Gasteiger partial charge in [-0.2, -0.15) is 0 Å². The molecule has 0 aliphatic carbocycles. The number of rotatable bonds is 6. The van der Waals surface area contributed by atoms with Crippen LogP contribution in [0.4, 0.5) is 5.69 Å². The van der Waals surface area contributed by atoms with Crippen LogP contribution in [-0.2, 0) is 16.0 Å². The minimum atomic E-state index is -0.359. The van der Waals surface area contributed by atoms with E-state index in [0.717, 1.165) is 5.56 Å². The maximum Gasteiger partial charge on any atom is 0.278 e. The lowest BCUT2D eigenvalue weighted by atomic mass is 10.0. The molecule has 0 radical (unpaired) electrons. The molecule has 3 aromatic rings. The van der Waals surface area contributed by atoms with E-state index in [0.29, 0.717) is 53.0 Å². The average Bonchev–Trinajstić information content (AvgIpc) is 3.08. The summed E-state index contributed by atoms with van der Waals surface area (Å²) in [5.41, 5.74) is 2.92. The number of halogens is 1. The largest absolute Gasteiger partial charge is 0.486 e. The SMILES string of the molecule is O=C1C(Nc2ccc3c(c2)OCCO3)=C(c2ccccc2)C(=O)N1CCc1ccc(Cl)cc1. The number of benzene rings is 3. The van der Waals surface area contributed by atoms with E-state index in [1.165, 1.54) is 4.90 Å². The van der Waals surface area contributed by atoms with Crippen molar-refractivity contribution in [3.63, 3.8) is 0 Å². The quantitative estimate of drug-likeness (QED) is 0.547. The van der Waals surface area contributed by atoms with Crippen molar-refractivity contribution in [3.8, 4) is 11.5 Å². The van der Waals surface area contributed by atoms with E-state index in [2.05, 4.69) is 5.32 Å². The summed E-state index contributed by atoms with van der Waals surface area (Å²) < 4.78 is 11.2. The monoisotopic (exact) mass is 460 g/mol. The van der Waals surface area contributed by atoms with E-state index in [9.17, 15) is 9.59 Å². The first-order valence-electron chi connectivity index (χ1n) is 10.7. The predicted molar refractivity (Wildman–Crippen MR) is 126 cm³/mol. The van der Waals surface area contributed by atoms with E-state index >= 15 is 0 Å². The summed E-state index contributed by atoms with van der Waals surface area (Å²) in [5.74, 6) is 0.579. The van der Waals surface area contributed by atoms with Crippen LogP contribution in [0.5, 0.6) is 11.5 Å². The van der Waals surface area contributed by atoms with Crippen LogP contribution in [0.2, 0.25) is 5.02 Å². The molecule has 33 heavy (non-hydrogen) atoms. The number of carbonyl (C=O) groups excluding carboxylic acids is 2. The fourth-order valence-electron chi connectivity index (χ4n) is 3.93. The summed E-state index contributed by atoms with van der Waals surface area (Å²) in [5, 5.41) is 3.81. The highest BCUT2D eigenvalue weighted by atomic mass is 35.5. The number of nitrogens with one attached hydrogen (secondary N) is 1. The van der Waals surface area contributed by atoms with Crippen molar-refractivity contribution in [2.24, 2.45) is 0 Å². The number of hydrogen-bond acceptors (Lipinski definition) is 5. The van der Waals surface area contributed by atoms with Gasteiger partial charge in [0.2, 0.25) is 0 Å². The zero-order chi connectivity index (χ0) is 22.8. The molecule has 0 bridgehead atoms. The Hall–Kier alpha value is -3.77. The van der Waals surface area contributed by atoms with Gasteiger partial charge in [-0.3, -0.25) is 14.5 Å². The molecule has 0 fully saturated rings. The maximum absolute atomic E-state index is 13.4. The fraction of sp³-hybridized carbons (Fsp3) is 0.154. The van der Waals surface area contributed by atoms with Gasteiger partial charge >= 0.3 is 0 Å². The average molecular weight is 461 g/mol. The smallest absolute Gasteiger partial charge is 0.278 e. The van der Waals surface area contributed by atoms with Crippen molar-refractivity contribution in [3.05, 3.63) is 94.6 Å². The van der Waals surface area contributed by atoms with Crippen LogP contribution < -0.4 is 14.8 Å². The lowest BCUT2D eigenvalue weighted by molar-refractivity contribution is -0.136. The minimum Gasteiger partial charge on any atom is -0.486 e. The number of nitrogens with zero attached hydrogens (tertiary/aromatic N) is 1. The molecule has 0 aromatic heterocycles. The van der Waals surface area contributed by atoms with E-state index < -0.39 is 0 Å². The summed E-state index contributed by atoms with van der Waals surface area (Å²) in [4.78, 5) is 28.0. The van der Waals surface area contributed by atoms with Crippen LogP contribution in [0.3, 0.4) is 0 Å². The molecule has 2 aliphatic heterocycles. The maximum atomic E-state index is 13.4. The molecule has 166 valence electrons. The second-order valence-corrected chi connectivity index (χ2v) is 8.17. The van der Waals surface area contributed by atoms with Gasteiger partial charge in [-0.15, -0.1) is 0 Å². The summed E-state index contributed by atoms with van der Waals surface area (Å²) in [6.45, 7) is 1.23. The Morgan fingerprint density at radius 3 is 2.33 bits per heavy atom. The highest BCUT2D eigenvalue weighted by molar-refractivity contribution is 6.36. The van der Waals surface area contributed by atoms with Crippen molar-refractivity contribution in [1.29, 1.82) is 0 Å². The number of anilines is 1. The molecule has 1 N–H and O–H groups in total. The molecule has 2 amide bonds. The number of amides is 2. The van der Waals surface area contributed by atoms with Crippen LogP contribution in [0, 0.1) is 0 Å². The third-order valence-corrected chi connectivity index (χ3v) is 5.83. The lowest BCUT2D eigenvalue weighted by Crippen LogP contribution is -2.34. The topological polar surface area (TPSA) is 67.9 Å². The zero-order valence-electron chi connectivity index (χ0n) is 17.7. The number of fused-ring (bicyclic) bond motifs is 1. The van der Waals surface area contributed by atoms with Gasteiger partial charge in [0.15, 0.2) is 11.5 Å². The van der Waals surface area contributed by atoms with E-state index in [1.807, 2.05) is 42.5 Å². The summed E-state index contributed by atoms with van der Waals surface area (Å²) >= 11 is 5.96. The second kappa shape index (κ2) is 9.00. The van der Waals surface area contributed by atoms with Crippen LogP contribution in [-0.4, -0.2) is 36.5 Å². The molecular weight excluding hydrogens is 440 g/mol. The first-order chi connectivity index (χ1) is 16.1. The highest BCUT2D eigenvalue weighted by Gasteiger charge is 2.39. The van der Waals surface area contributed by atoms with Gasteiger partial charge in [-0.25, -0.2) is 0 Å². The predicted octanol–water partition coefficient (Wildman–Crippen LogP) is 4.55. The van der Waals surface area contributed by atoms with Crippen LogP contribution in [0.15, 0.2) is 78.5 Å². The Morgan fingerprint density at radius 1 is 0.848 bits per heavy atom. The van der Waals surface area contributed by atoms with Gasteiger partial charge < -0.3 is 14.8 Å². The molecule has 6 nitrogen and oxygen atoms in total. The first kappa shape index (κ1) is 21.1. The first-order valence-corrected chi connectivity index (χ1v) is 11.0. The van der Waals surface area contributed by atoms with E-state index in [-0.39, 0.29) is 24.1 Å². The van der Waals surface area contributed by atoms with Crippen molar-refractivity contribution >= 4 is 34.7 Å². The number of ether oxygens (including phenoxy) is 2. The Kier molecular flexibility index (Phi) is 5.75. The molecule has 0 atom stereocenters. The number of carbonyl (C=O) groups is 2. The molecule has 0 unspecified atom stereocenters. The summed E-state index contributed by atoms with van der Waals surface area (Å²) in [7, 11) is 0. The standard InChI is InChI=1S/C26H21ClN2O4/c27-19-8-6-17(7-9-19)12-13-29-25(30)23(18-4-2-1-3-5-18)24(26(29)31)28-20-10-11-21-22(16-20)33-15-14-32-21/h1-11,16,28H,12-15H2. The Labute approximate surface area is 196 Å². The lowest BCUT2D eigenvalue weighted by Gasteiger charge is -2.19. The third-order valence-electron chi connectivity index (χ3n) is 5.58. The Morgan fingerprint density at radius 2 is 1.58 bits per heavy atom. The minimum absolute atomic E-state index is 0.249. The van der Waals surface area contributed by atoms with Gasteiger partial charge in [0, 0.05) is 23.3 Å². The van der Waals surface area contributed by atoms with E-state index in [4.69, 9.17) is 21.1 Å². The zero-order valence-corrected chi connectivity index (χ0v) is 18.5. The van der Waals surface area contributed by atoms with Gasteiger partial charge in [-0.1, -0.05) is 54.1 Å². The molecule has 5 rings (SSSR count). The molecule has 2 aliphatic rings. The Bertz CT molecular complexity index is 1240. The van der Waals surface area contributed by atoms with Crippen LogP contribution >= 0.6 is 11.6 Å². The van der Waals surface area contributed by atoms with Crippen molar-refractivity contribution in [2.75, 3.05) is 25.1 Å². The van der Waals surface area contributed by atoms with Crippen LogP contribution in [0.1, 0.15) is 11.1 Å². The number of hydrogen-bond donors (Lipinski definition) is 1. The molecule has 7 heteroatoms. The van der Waals surface area contributed by atoms with Gasteiger partial charge in [0.25, 0.3) is 11.8 Å². The normalized spacial score (nSPS) is 15.2. The molecule has 3 aromatic carbocycles. The van der Waals surface area contributed by atoms with Crippen molar-refractivity contribution in [2.45, 2.75) is 6.42 Å². The third kappa shape index (κ3) is 4.30. The number of imide groups is 1. The van der Waals surface area contributed by atoms with Crippen molar-refractivity contribution in [1.82, 2.24) is 4.90 Å². The molecule has 0 saturated carbocycles. The molecule has 0 saturated heterocycles. The van der Waals surface area contributed by atoms with Crippen molar-refractivity contribution < 1.29 is 19.1 Å². The van der Waals surface area contributed by atoms with E-state index in [1.54, 1.807) is 30.3 Å². The van der Waals surface area contributed by atoms with Gasteiger partial charge in [-0.05, 0) is 41.8 Å². The molecule has 0 spiro atoms. The molecular formula is C26H21ClN2O4.